The van der Waals surface area contributed by atoms with Gasteiger partial charge in [-0.1, -0.05) is 37.3 Å². The molecule has 0 bridgehead atoms. The molecule has 0 aliphatic rings. The number of benzene rings is 2. The summed E-state index contributed by atoms with van der Waals surface area (Å²) in [4.78, 5) is 13.7. The number of rotatable bonds is 8. The van der Waals surface area contributed by atoms with Crippen molar-refractivity contribution in [1.82, 2.24) is 9.47 Å². The molecule has 3 rings (SSSR count). The second kappa shape index (κ2) is 9.39. The monoisotopic (exact) mass is 439 g/mol. The maximum Gasteiger partial charge on any atom is 0.314 e. The van der Waals surface area contributed by atoms with Crippen molar-refractivity contribution in [1.29, 1.82) is 0 Å². The van der Waals surface area contributed by atoms with E-state index in [2.05, 4.69) is 4.57 Å². The van der Waals surface area contributed by atoms with E-state index >= 15 is 0 Å². The molecule has 0 atom stereocenters. The first-order chi connectivity index (χ1) is 14.7. The molecule has 2 N–H and O–H groups in total. The summed E-state index contributed by atoms with van der Waals surface area (Å²) in [7, 11) is -3.32. The molecule has 0 unspecified atom stereocenters. The highest BCUT2D eigenvalue weighted by molar-refractivity contribution is 7.90. The van der Waals surface area contributed by atoms with Crippen LogP contribution in [-0.2, 0) is 16.3 Å². The minimum Gasteiger partial charge on any atom is -0.351 e. The number of primary amides is 1. The third-order valence-corrected chi connectivity index (χ3v) is 6.54. The van der Waals surface area contributed by atoms with E-state index in [4.69, 9.17) is 5.73 Å². The average Bonchev–Trinajstić information content (AvgIpc) is 3.07. The van der Waals surface area contributed by atoms with Gasteiger partial charge in [0.25, 0.3) is 0 Å². The third kappa shape index (κ3) is 5.17. The summed E-state index contributed by atoms with van der Waals surface area (Å²) in [5.74, 6) is 0. The van der Waals surface area contributed by atoms with Crippen molar-refractivity contribution in [3.05, 3.63) is 72.1 Å². The van der Waals surface area contributed by atoms with E-state index < -0.39 is 15.9 Å². The number of hydrogen-bond acceptors (Lipinski definition) is 3. The van der Waals surface area contributed by atoms with E-state index in [-0.39, 0.29) is 4.90 Å². The summed E-state index contributed by atoms with van der Waals surface area (Å²) >= 11 is 0. The van der Waals surface area contributed by atoms with Crippen LogP contribution in [-0.4, -0.2) is 43.3 Å². The van der Waals surface area contributed by atoms with Crippen molar-refractivity contribution >= 4 is 15.9 Å². The van der Waals surface area contributed by atoms with Gasteiger partial charge in [0.15, 0.2) is 9.84 Å². The lowest BCUT2D eigenvalue weighted by Crippen LogP contribution is -2.37. The summed E-state index contributed by atoms with van der Waals surface area (Å²) in [6.07, 6.45) is 4.70. The Morgan fingerprint density at radius 2 is 1.77 bits per heavy atom. The number of aromatic nitrogens is 1. The van der Waals surface area contributed by atoms with Gasteiger partial charge in [-0.05, 0) is 55.2 Å². The molecule has 2 amide bonds. The van der Waals surface area contributed by atoms with Crippen LogP contribution in [0.25, 0.3) is 16.8 Å². The lowest BCUT2D eigenvalue weighted by molar-refractivity contribution is 0.208. The summed E-state index contributed by atoms with van der Waals surface area (Å²) in [6.45, 7) is 5.16. The summed E-state index contributed by atoms with van der Waals surface area (Å²) in [5.41, 5.74) is 10.5. The van der Waals surface area contributed by atoms with Crippen LogP contribution in [0.3, 0.4) is 0 Å². The fourth-order valence-corrected chi connectivity index (χ4v) is 4.48. The Hall–Kier alpha value is -3.06. The molecular formula is C24H29N3O3S. The number of nitrogens with two attached hydrogens (primary N) is 1. The number of nitrogens with zero attached hydrogens (tertiary/aromatic N) is 2. The van der Waals surface area contributed by atoms with E-state index in [1.807, 2.05) is 56.4 Å². The summed E-state index contributed by atoms with van der Waals surface area (Å²) in [6, 6.07) is 16.6. The van der Waals surface area contributed by atoms with Crippen LogP contribution in [0.1, 0.15) is 24.6 Å². The van der Waals surface area contributed by atoms with Gasteiger partial charge in [-0.25, -0.2) is 13.2 Å². The van der Waals surface area contributed by atoms with Gasteiger partial charge in [0.05, 0.1) is 4.90 Å². The molecule has 0 spiro atoms. The Labute approximate surface area is 184 Å². The van der Waals surface area contributed by atoms with Gasteiger partial charge in [-0.2, -0.15) is 0 Å². The van der Waals surface area contributed by atoms with E-state index in [9.17, 15) is 13.2 Å². The van der Waals surface area contributed by atoms with E-state index in [1.54, 1.807) is 23.1 Å². The lowest BCUT2D eigenvalue weighted by atomic mass is 10.0. The molecule has 0 fully saturated rings. The molecule has 1 aromatic heterocycles. The van der Waals surface area contributed by atoms with Crippen molar-refractivity contribution in [2.75, 3.05) is 19.3 Å². The van der Waals surface area contributed by atoms with Crippen molar-refractivity contribution in [2.24, 2.45) is 5.73 Å². The van der Waals surface area contributed by atoms with Gasteiger partial charge in [0, 0.05) is 42.5 Å². The maximum absolute atomic E-state index is 12.1. The van der Waals surface area contributed by atoms with Crippen LogP contribution >= 0.6 is 0 Å². The van der Waals surface area contributed by atoms with Crippen LogP contribution in [0.4, 0.5) is 4.79 Å². The summed E-state index contributed by atoms with van der Waals surface area (Å²) in [5, 5.41) is 0. The van der Waals surface area contributed by atoms with Gasteiger partial charge in [0.1, 0.15) is 0 Å². The standard InChI is InChI=1S/C24H29N3O3S/c1-4-14-26(24(25)28)15-13-22-18(2)27(20-10-6-5-7-11-20)17-23(22)19-9-8-12-21(16-19)31(3,29)30/h5-12,16-17H,4,13-15H2,1-3H3,(H2,25,28). The largest absolute Gasteiger partial charge is 0.351 e. The fraction of sp³-hybridized carbons (Fsp3) is 0.292. The van der Waals surface area contributed by atoms with Gasteiger partial charge < -0.3 is 15.2 Å². The first-order valence-corrected chi connectivity index (χ1v) is 12.2. The fourth-order valence-electron chi connectivity index (χ4n) is 3.81. The van der Waals surface area contributed by atoms with E-state index in [0.717, 1.165) is 34.5 Å². The third-order valence-electron chi connectivity index (χ3n) is 5.43. The van der Waals surface area contributed by atoms with Crippen molar-refractivity contribution in [2.45, 2.75) is 31.6 Å². The molecular weight excluding hydrogens is 410 g/mol. The maximum atomic E-state index is 12.1. The molecule has 7 heteroatoms. The Bertz CT molecular complexity index is 1170. The Balaban J connectivity index is 2.10. The Morgan fingerprint density at radius 1 is 1.06 bits per heavy atom. The van der Waals surface area contributed by atoms with Crippen molar-refractivity contribution in [3.8, 4) is 16.8 Å². The molecule has 31 heavy (non-hydrogen) atoms. The van der Waals surface area contributed by atoms with Crippen LogP contribution in [0.15, 0.2) is 65.7 Å². The van der Waals surface area contributed by atoms with Crippen LogP contribution in [0, 0.1) is 6.92 Å². The quantitative estimate of drug-likeness (QED) is 0.571. The number of carbonyl (C=O) groups excluding carboxylic acids is 1. The number of sulfone groups is 1. The van der Waals surface area contributed by atoms with Gasteiger partial charge in [0.2, 0.25) is 0 Å². The number of amides is 2. The zero-order chi connectivity index (χ0) is 22.6. The van der Waals surface area contributed by atoms with E-state index in [1.165, 1.54) is 6.26 Å². The second-order valence-electron chi connectivity index (χ2n) is 7.69. The number of urea groups is 1. The highest BCUT2D eigenvalue weighted by Gasteiger charge is 2.18. The zero-order valence-corrected chi connectivity index (χ0v) is 19.0. The van der Waals surface area contributed by atoms with Crippen LogP contribution < -0.4 is 5.73 Å². The Morgan fingerprint density at radius 3 is 2.39 bits per heavy atom. The zero-order valence-electron chi connectivity index (χ0n) is 18.2. The topological polar surface area (TPSA) is 85.4 Å². The predicted octanol–water partition coefficient (Wildman–Crippen LogP) is 4.19. The molecule has 0 aliphatic carbocycles. The number of para-hydroxylation sites is 1. The molecule has 0 aliphatic heterocycles. The Kier molecular flexibility index (Phi) is 6.85. The molecule has 164 valence electrons. The molecule has 0 saturated carbocycles. The highest BCUT2D eigenvalue weighted by Crippen LogP contribution is 2.32. The summed E-state index contributed by atoms with van der Waals surface area (Å²) < 4.78 is 26.3. The van der Waals surface area contributed by atoms with Crippen molar-refractivity contribution in [3.63, 3.8) is 0 Å². The predicted molar refractivity (Wildman–Crippen MR) is 124 cm³/mol. The van der Waals surface area contributed by atoms with Gasteiger partial charge >= 0.3 is 6.03 Å². The first kappa shape index (κ1) is 22.6. The smallest absolute Gasteiger partial charge is 0.314 e. The minimum absolute atomic E-state index is 0.283. The van der Waals surface area contributed by atoms with E-state index in [0.29, 0.717) is 19.5 Å². The molecule has 2 aromatic carbocycles. The number of hydrogen-bond donors (Lipinski definition) is 1. The molecule has 6 nitrogen and oxygen atoms in total. The lowest BCUT2D eigenvalue weighted by Gasteiger charge is -2.20. The number of carbonyl (C=O) groups is 1. The first-order valence-electron chi connectivity index (χ1n) is 10.3. The normalized spacial score (nSPS) is 11.5. The SMILES string of the molecule is CCCN(CCc1c(-c2cccc(S(C)(=O)=O)c2)cn(-c2ccccc2)c1C)C(N)=O. The van der Waals surface area contributed by atoms with Crippen molar-refractivity contribution < 1.29 is 13.2 Å². The molecule has 1 heterocycles. The van der Waals surface area contributed by atoms with Crippen LogP contribution in [0.5, 0.6) is 0 Å². The molecule has 0 saturated heterocycles. The van der Waals surface area contributed by atoms with Gasteiger partial charge in [-0.15, -0.1) is 0 Å². The molecule has 3 aromatic rings. The highest BCUT2D eigenvalue weighted by atomic mass is 32.2. The second-order valence-corrected chi connectivity index (χ2v) is 9.70. The minimum atomic E-state index is -3.32. The molecule has 0 radical (unpaired) electrons. The van der Waals surface area contributed by atoms with Gasteiger partial charge in [-0.3, -0.25) is 0 Å². The van der Waals surface area contributed by atoms with Crippen LogP contribution in [0.2, 0.25) is 0 Å². The average molecular weight is 440 g/mol.